The Kier molecular flexibility index (Phi) is 7.95. The van der Waals surface area contributed by atoms with Crippen LogP contribution in [0.1, 0.15) is 75.7 Å². The number of H-pyrrole nitrogens is 1. The van der Waals surface area contributed by atoms with Gasteiger partial charge in [0.05, 0.1) is 18.0 Å². The number of carbonyl (C=O) groups excluding carboxylic acids is 3. The fraction of sp³-hybridized carbons (Fsp3) is 0.467. The van der Waals surface area contributed by atoms with Crippen molar-refractivity contribution in [3.05, 3.63) is 65.7 Å². The minimum atomic E-state index is -1.02. The number of fused-ring (bicyclic) bond motifs is 1. The molecule has 1 aromatic heterocycles. The predicted octanol–water partition coefficient (Wildman–Crippen LogP) is 4.35. The predicted molar refractivity (Wildman–Crippen MR) is 146 cm³/mol. The zero-order valence-corrected chi connectivity index (χ0v) is 22.5. The number of amides is 3. The number of para-hydroxylation sites is 1. The molecular weight excluding hydrogens is 497 g/mol. The number of hydrogen-bond acceptors (Lipinski definition) is 4. The minimum absolute atomic E-state index is 0.113. The monoisotopic (exact) mass is 533 g/mol. The molecule has 2 aliphatic rings. The number of imidazole rings is 1. The summed E-state index contributed by atoms with van der Waals surface area (Å²) in [5.41, 5.74) is 1.83. The van der Waals surface area contributed by atoms with Crippen LogP contribution in [-0.2, 0) is 14.4 Å². The highest BCUT2D eigenvalue weighted by Crippen LogP contribution is 2.47. The van der Waals surface area contributed by atoms with Crippen LogP contribution in [0.15, 0.2) is 48.5 Å². The van der Waals surface area contributed by atoms with Crippen LogP contribution in [-0.4, -0.2) is 51.2 Å². The molecule has 0 spiro atoms. The molecule has 0 radical (unpaired) electrons. The third-order valence-corrected chi connectivity index (χ3v) is 8.04. The van der Waals surface area contributed by atoms with E-state index < -0.39 is 23.8 Å². The molecule has 2 fully saturated rings. The number of likely N-dealkylation sites (tertiary alicyclic amines) is 1. The van der Waals surface area contributed by atoms with Gasteiger partial charge in [-0.05, 0) is 62.6 Å². The van der Waals surface area contributed by atoms with Crippen molar-refractivity contribution in [1.29, 1.82) is 0 Å². The molecule has 5 rings (SSSR count). The third-order valence-electron chi connectivity index (χ3n) is 8.04. The fourth-order valence-electron chi connectivity index (χ4n) is 5.69. The van der Waals surface area contributed by atoms with Crippen LogP contribution < -0.4 is 10.6 Å². The van der Waals surface area contributed by atoms with Gasteiger partial charge in [-0.15, -0.1) is 0 Å². The highest BCUT2D eigenvalue weighted by molar-refractivity contribution is 5.93. The number of benzene rings is 2. The molecule has 1 saturated carbocycles. The van der Waals surface area contributed by atoms with Crippen molar-refractivity contribution in [3.63, 3.8) is 0 Å². The van der Waals surface area contributed by atoms with Crippen LogP contribution in [0.4, 0.5) is 4.39 Å². The standard InChI is InChI=1S/C30H36FN5O3/c1-3-20-12-7-8-15-36(20)26(37)17-25(34-29(38)22-16-21(22)19-10-5-4-6-11-19)30(39)32-18(2)28-33-24-14-9-13-23(31)27(24)35-28/h4-6,9-11,13-14,18,20-22,25H,3,7-8,12,15-17H2,1-2H3,(H,32,39)(H,33,35)(H,34,38)/t18-,20-,21-,22+,25-/m0/s1. The second-order valence-electron chi connectivity index (χ2n) is 10.8. The van der Waals surface area contributed by atoms with Gasteiger partial charge in [-0.1, -0.05) is 43.3 Å². The number of aromatic amines is 1. The maximum atomic E-state index is 14.2. The maximum absolute atomic E-state index is 14.2. The number of rotatable bonds is 9. The van der Waals surface area contributed by atoms with Gasteiger partial charge in [-0.3, -0.25) is 14.4 Å². The third kappa shape index (κ3) is 5.97. The summed E-state index contributed by atoms with van der Waals surface area (Å²) in [5.74, 6) is -0.987. The quantitative estimate of drug-likeness (QED) is 0.380. The number of aromatic nitrogens is 2. The Bertz CT molecular complexity index is 1340. The molecule has 39 heavy (non-hydrogen) atoms. The van der Waals surface area contributed by atoms with Crippen molar-refractivity contribution in [3.8, 4) is 0 Å². The Hall–Kier alpha value is -3.75. The van der Waals surface area contributed by atoms with Crippen molar-refractivity contribution in [2.75, 3.05) is 6.54 Å². The maximum Gasteiger partial charge on any atom is 0.243 e. The van der Waals surface area contributed by atoms with Gasteiger partial charge in [0.25, 0.3) is 0 Å². The Labute approximate surface area is 227 Å². The molecule has 3 N–H and O–H groups in total. The van der Waals surface area contributed by atoms with E-state index in [1.807, 2.05) is 35.2 Å². The molecule has 2 heterocycles. The molecule has 206 valence electrons. The Morgan fingerprint density at radius 2 is 1.90 bits per heavy atom. The first-order chi connectivity index (χ1) is 18.9. The zero-order valence-electron chi connectivity index (χ0n) is 22.5. The molecule has 0 bridgehead atoms. The van der Waals surface area contributed by atoms with Crippen molar-refractivity contribution >= 4 is 28.8 Å². The van der Waals surface area contributed by atoms with Gasteiger partial charge in [-0.25, -0.2) is 9.37 Å². The summed E-state index contributed by atoms with van der Waals surface area (Å²) in [7, 11) is 0. The van der Waals surface area contributed by atoms with E-state index in [2.05, 4.69) is 27.5 Å². The summed E-state index contributed by atoms with van der Waals surface area (Å²) in [6.07, 6.45) is 4.43. The number of hydrogen-bond donors (Lipinski definition) is 3. The average Bonchev–Trinajstić information content (AvgIpc) is 3.63. The molecule has 1 aliphatic carbocycles. The van der Waals surface area contributed by atoms with E-state index in [1.165, 1.54) is 6.07 Å². The lowest BCUT2D eigenvalue weighted by Crippen LogP contribution is -2.52. The average molecular weight is 534 g/mol. The van der Waals surface area contributed by atoms with Gasteiger partial charge >= 0.3 is 0 Å². The first kappa shape index (κ1) is 26.8. The van der Waals surface area contributed by atoms with Crippen LogP contribution >= 0.6 is 0 Å². The van der Waals surface area contributed by atoms with Crippen molar-refractivity contribution in [2.24, 2.45) is 5.92 Å². The molecule has 2 aromatic carbocycles. The number of piperidine rings is 1. The van der Waals surface area contributed by atoms with E-state index in [0.717, 1.165) is 31.2 Å². The molecular formula is C30H36FN5O3. The van der Waals surface area contributed by atoms with E-state index in [9.17, 15) is 18.8 Å². The molecule has 3 aromatic rings. The molecule has 0 unspecified atom stereocenters. The van der Waals surface area contributed by atoms with Crippen LogP contribution in [0.2, 0.25) is 0 Å². The van der Waals surface area contributed by atoms with E-state index in [1.54, 1.807) is 19.1 Å². The molecule has 1 aliphatic heterocycles. The van der Waals surface area contributed by atoms with Crippen LogP contribution in [0.25, 0.3) is 11.0 Å². The summed E-state index contributed by atoms with van der Waals surface area (Å²) >= 11 is 0. The summed E-state index contributed by atoms with van der Waals surface area (Å²) in [6, 6.07) is 13.0. The lowest BCUT2D eigenvalue weighted by Gasteiger charge is -2.36. The SMILES string of the molecule is CC[C@H]1CCCCN1C(=O)C[C@H](NC(=O)[C@@H]1C[C@H]1c1ccccc1)C(=O)N[C@@H](C)c1nc2c(F)cccc2[nH]1. The van der Waals surface area contributed by atoms with Gasteiger partial charge in [0, 0.05) is 18.5 Å². The summed E-state index contributed by atoms with van der Waals surface area (Å²) in [4.78, 5) is 49.3. The first-order valence-electron chi connectivity index (χ1n) is 13.9. The Balaban J connectivity index is 1.30. The zero-order chi connectivity index (χ0) is 27.5. The van der Waals surface area contributed by atoms with Gasteiger partial charge in [-0.2, -0.15) is 0 Å². The fourth-order valence-corrected chi connectivity index (χ4v) is 5.69. The van der Waals surface area contributed by atoms with E-state index in [0.29, 0.717) is 24.3 Å². The van der Waals surface area contributed by atoms with Crippen LogP contribution in [0, 0.1) is 11.7 Å². The molecule has 1 saturated heterocycles. The number of carbonyl (C=O) groups is 3. The van der Waals surface area contributed by atoms with E-state index >= 15 is 0 Å². The second-order valence-corrected chi connectivity index (χ2v) is 10.8. The normalized spacial score (nSPS) is 22.2. The number of nitrogens with one attached hydrogen (secondary N) is 3. The molecule has 8 nitrogen and oxygen atoms in total. The summed E-state index contributed by atoms with van der Waals surface area (Å²) in [6.45, 7) is 4.47. The van der Waals surface area contributed by atoms with E-state index in [4.69, 9.17) is 0 Å². The Morgan fingerprint density at radius 3 is 2.64 bits per heavy atom. The van der Waals surface area contributed by atoms with Gasteiger partial charge < -0.3 is 20.5 Å². The van der Waals surface area contributed by atoms with Crippen molar-refractivity contribution in [2.45, 2.75) is 76.4 Å². The number of nitrogens with zero attached hydrogens (tertiary/aromatic N) is 2. The van der Waals surface area contributed by atoms with Gasteiger partial charge in [0.1, 0.15) is 17.4 Å². The lowest BCUT2D eigenvalue weighted by molar-refractivity contribution is -0.139. The van der Waals surface area contributed by atoms with Gasteiger partial charge in [0.2, 0.25) is 17.7 Å². The molecule has 9 heteroatoms. The molecule has 5 atom stereocenters. The minimum Gasteiger partial charge on any atom is -0.345 e. The first-order valence-corrected chi connectivity index (χ1v) is 13.9. The summed E-state index contributed by atoms with van der Waals surface area (Å²) in [5, 5.41) is 5.76. The van der Waals surface area contributed by atoms with Gasteiger partial charge in [0.15, 0.2) is 5.82 Å². The van der Waals surface area contributed by atoms with Crippen LogP contribution in [0.3, 0.4) is 0 Å². The summed E-state index contributed by atoms with van der Waals surface area (Å²) < 4.78 is 14.2. The van der Waals surface area contributed by atoms with Crippen molar-refractivity contribution < 1.29 is 18.8 Å². The second kappa shape index (κ2) is 11.6. The van der Waals surface area contributed by atoms with E-state index in [-0.39, 0.29) is 41.6 Å². The smallest absolute Gasteiger partial charge is 0.243 e. The highest BCUT2D eigenvalue weighted by Gasteiger charge is 2.45. The highest BCUT2D eigenvalue weighted by atomic mass is 19.1. The van der Waals surface area contributed by atoms with Crippen LogP contribution in [0.5, 0.6) is 0 Å². The lowest BCUT2D eigenvalue weighted by atomic mass is 9.98. The Morgan fingerprint density at radius 1 is 1.10 bits per heavy atom. The topological polar surface area (TPSA) is 107 Å². The number of halogens is 1. The van der Waals surface area contributed by atoms with Crippen molar-refractivity contribution in [1.82, 2.24) is 25.5 Å². The largest absolute Gasteiger partial charge is 0.345 e. The molecule has 3 amide bonds.